The van der Waals surface area contributed by atoms with Gasteiger partial charge in [-0.25, -0.2) is 0 Å². The van der Waals surface area contributed by atoms with E-state index < -0.39 is 5.41 Å². The molecule has 10 rings (SSSR count). The van der Waals surface area contributed by atoms with Crippen LogP contribution in [-0.2, 0) is 5.41 Å². The topological polar surface area (TPSA) is 41.5 Å². The number of anilines is 6. The molecule has 216 valence electrons. The zero-order valence-electron chi connectivity index (χ0n) is 24.7. The van der Waals surface area contributed by atoms with E-state index in [0.717, 1.165) is 57.0 Å². The molecule has 0 bridgehead atoms. The Balaban J connectivity index is 1.17. The molecule has 7 aromatic rings. The van der Waals surface area contributed by atoms with Crippen molar-refractivity contribution < 1.29 is 4.74 Å². The predicted molar refractivity (Wildman–Crippen MR) is 182 cm³/mol. The van der Waals surface area contributed by atoms with Gasteiger partial charge in [-0.2, -0.15) is 0 Å². The highest BCUT2D eigenvalue weighted by Crippen LogP contribution is 2.62. The summed E-state index contributed by atoms with van der Waals surface area (Å²) in [6, 6.07) is 51.4. The third-order valence-corrected chi connectivity index (χ3v) is 9.54. The molecule has 0 radical (unpaired) electrons. The summed E-state index contributed by atoms with van der Waals surface area (Å²) in [4.78, 5) is 14.4. The SMILES string of the molecule is c1ccc2c(c1)Oc1ccccc1N2c1ccc(N2c3ccccc3C3(c4ccccc42)c2cccnc2-c2ncccc23)cc1. The molecule has 0 amide bonds. The van der Waals surface area contributed by atoms with Crippen molar-refractivity contribution >= 4 is 34.1 Å². The Hall–Kier alpha value is -6.20. The van der Waals surface area contributed by atoms with Crippen molar-refractivity contribution in [2.75, 3.05) is 9.80 Å². The van der Waals surface area contributed by atoms with Gasteiger partial charge in [0.25, 0.3) is 0 Å². The summed E-state index contributed by atoms with van der Waals surface area (Å²) in [5.41, 5.74) is 12.6. The number of hydrogen-bond acceptors (Lipinski definition) is 5. The van der Waals surface area contributed by atoms with Crippen LogP contribution in [0.5, 0.6) is 11.5 Å². The maximum atomic E-state index is 6.26. The third kappa shape index (κ3) is 3.23. The van der Waals surface area contributed by atoms with E-state index >= 15 is 0 Å². The van der Waals surface area contributed by atoms with Crippen molar-refractivity contribution in [2.24, 2.45) is 0 Å². The quantitative estimate of drug-likeness (QED) is 0.200. The molecule has 1 aliphatic carbocycles. The van der Waals surface area contributed by atoms with Crippen LogP contribution in [0, 0.1) is 0 Å². The average molecular weight is 591 g/mol. The maximum Gasteiger partial charge on any atom is 0.151 e. The molecule has 1 spiro atoms. The Labute approximate surface area is 266 Å². The van der Waals surface area contributed by atoms with E-state index in [1.54, 1.807) is 0 Å². The van der Waals surface area contributed by atoms with Gasteiger partial charge >= 0.3 is 0 Å². The molecule has 0 saturated carbocycles. The number of fused-ring (bicyclic) bond motifs is 11. The standard InChI is InChI=1S/C41H26N4O/c1-3-15-33-29(11-1)41(31-13-9-25-42-39(31)40-32(41)14-10-26-43-40)30-12-2-4-16-34(30)44(33)27-21-23-28(24-22-27)45-35-17-5-7-19-37(35)46-38-20-8-6-18-36(38)45/h1-26H. The summed E-state index contributed by atoms with van der Waals surface area (Å²) in [5, 5.41) is 0. The Morgan fingerprint density at radius 3 is 1.28 bits per heavy atom. The lowest BCUT2D eigenvalue weighted by molar-refractivity contribution is 0.477. The summed E-state index contributed by atoms with van der Waals surface area (Å²) in [5.74, 6) is 1.69. The molecular formula is C41H26N4O. The van der Waals surface area contributed by atoms with Gasteiger partial charge in [-0.15, -0.1) is 0 Å². The van der Waals surface area contributed by atoms with E-state index in [1.165, 1.54) is 22.3 Å². The van der Waals surface area contributed by atoms with E-state index in [9.17, 15) is 0 Å². The van der Waals surface area contributed by atoms with Gasteiger partial charge in [-0.3, -0.25) is 9.97 Å². The van der Waals surface area contributed by atoms with Crippen molar-refractivity contribution in [1.82, 2.24) is 9.97 Å². The van der Waals surface area contributed by atoms with Gasteiger partial charge in [0.1, 0.15) is 0 Å². The minimum absolute atomic E-state index is 0.530. The first-order valence-corrected chi connectivity index (χ1v) is 15.5. The first-order chi connectivity index (χ1) is 22.8. The van der Waals surface area contributed by atoms with Crippen LogP contribution in [0.2, 0.25) is 0 Å². The zero-order valence-corrected chi connectivity index (χ0v) is 24.7. The van der Waals surface area contributed by atoms with Crippen molar-refractivity contribution in [2.45, 2.75) is 5.41 Å². The fourth-order valence-corrected chi connectivity index (χ4v) is 7.78. The van der Waals surface area contributed by atoms with Gasteiger partial charge in [-0.05, 0) is 95.1 Å². The van der Waals surface area contributed by atoms with Gasteiger partial charge in [-0.1, -0.05) is 72.8 Å². The Morgan fingerprint density at radius 1 is 0.391 bits per heavy atom. The molecule has 0 fully saturated rings. The van der Waals surface area contributed by atoms with Crippen molar-refractivity contribution in [3.8, 4) is 22.9 Å². The minimum atomic E-state index is -0.530. The van der Waals surface area contributed by atoms with Crippen LogP contribution in [0.1, 0.15) is 22.3 Å². The molecule has 4 heterocycles. The molecule has 5 heteroatoms. The van der Waals surface area contributed by atoms with Crippen molar-refractivity contribution in [1.29, 1.82) is 0 Å². The number of ether oxygens (including phenoxy) is 1. The van der Waals surface area contributed by atoms with Crippen LogP contribution < -0.4 is 14.5 Å². The normalized spacial score (nSPS) is 14.3. The number of aromatic nitrogens is 2. The number of benzene rings is 5. The molecule has 5 nitrogen and oxygen atoms in total. The highest BCUT2D eigenvalue weighted by Gasteiger charge is 2.52. The van der Waals surface area contributed by atoms with Crippen LogP contribution in [0.15, 0.2) is 158 Å². The van der Waals surface area contributed by atoms with Gasteiger partial charge < -0.3 is 14.5 Å². The minimum Gasteiger partial charge on any atom is -0.453 e. The molecule has 2 aliphatic heterocycles. The number of para-hydroxylation sites is 6. The molecular weight excluding hydrogens is 564 g/mol. The van der Waals surface area contributed by atoms with Gasteiger partial charge in [0.15, 0.2) is 11.5 Å². The number of hydrogen-bond donors (Lipinski definition) is 0. The second kappa shape index (κ2) is 9.40. The fourth-order valence-electron chi connectivity index (χ4n) is 7.78. The first-order valence-electron chi connectivity index (χ1n) is 15.5. The highest BCUT2D eigenvalue weighted by molar-refractivity contribution is 5.94. The largest absolute Gasteiger partial charge is 0.453 e. The maximum absolute atomic E-state index is 6.26. The molecule has 46 heavy (non-hydrogen) atoms. The van der Waals surface area contributed by atoms with Crippen molar-refractivity contribution in [3.63, 3.8) is 0 Å². The summed E-state index contributed by atoms with van der Waals surface area (Å²) in [6.07, 6.45) is 3.74. The van der Waals surface area contributed by atoms with Crippen LogP contribution in [0.25, 0.3) is 11.4 Å². The average Bonchev–Trinajstić information content (AvgIpc) is 3.42. The highest BCUT2D eigenvalue weighted by atomic mass is 16.5. The molecule has 0 saturated heterocycles. The predicted octanol–water partition coefficient (Wildman–Crippen LogP) is 10.2. The summed E-state index contributed by atoms with van der Waals surface area (Å²) < 4.78 is 6.26. The third-order valence-electron chi connectivity index (χ3n) is 9.54. The van der Waals surface area contributed by atoms with Gasteiger partial charge in [0.2, 0.25) is 0 Å². The molecule has 3 aliphatic rings. The lowest BCUT2D eigenvalue weighted by Crippen LogP contribution is -2.36. The molecule has 0 N–H and O–H groups in total. The zero-order chi connectivity index (χ0) is 30.2. The summed E-state index contributed by atoms with van der Waals surface area (Å²) >= 11 is 0. The number of nitrogens with zero attached hydrogens (tertiary/aromatic N) is 4. The van der Waals surface area contributed by atoms with E-state index in [4.69, 9.17) is 14.7 Å². The Morgan fingerprint density at radius 2 is 0.783 bits per heavy atom. The van der Waals surface area contributed by atoms with Crippen LogP contribution in [-0.4, -0.2) is 9.97 Å². The van der Waals surface area contributed by atoms with E-state index in [0.29, 0.717) is 0 Å². The van der Waals surface area contributed by atoms with E-state index in [2.05, 4.69) is 119 Å². The first kappa shape index (κ1) is 25.2. The van der Waals surface area contributed by atoms with E-state index in [-0.39, 0.29) is 0 Å². The molecule has 5 aromatic carbocycles. The lowest BCUT2D eigenvalue weighted by Gasteiger charge is -2.44. The number of pyridine rings is 2. The summed E-state index contributed by atoms with van der Waals surface area (Å²) in [6.45, 7) is 0. The summed E-state index contributed by atoms with van der Waals surface area (Å²) in [7, 11) is 0. The molecule has 0 atom stereocenters. The second-order valence-corrected chi connectivity index (χ2v) is 11.8. The smallest absolute Gasteiger partial charge is 0.151 e. The molecule has 2 aromatic heterocycles. The van der Waals surface area contributed by atoms with E-state index in [1.807, 2.05) is 48.8 Å². The van der Waals surface area contributed by atoms with Crippen LogP contribution in [0.3, 0.4) is 0 Å². The lowest BCUT2D eigenvalue weighted by atomic mass is 9.65. The van der Waals surface area contributed by atoms with Gasteiger partial charge in [0, 0.05) is 23.8 Å². The monoisotopic (exact) mass is 590 g/mol. The molecule has 0 unspecified atom stereocenters. The van der Waals surface area contributed by atoms with Crippen LogP contribution >= 0.6 is 0 Å². The second-order valence-electron chi connectivity index (χ2n) is 11.8. The van der Waals surface area contributed by atoms with Crippen molar-refractivity contribution in [3.05, 3.63) is 180 Å². The van der Waals surface area contributed by atoms with Gasteiger partial charge in [0.05, 0.1) is 39.6 Å². The Bertz CT molecular complexity index is 2190. The fraction of sp³-hybridized carbons (Fsp3) is 0.0244. The van der Waals surface area contributed by atoms with Crippen LogP contribution in [0.4, 0.5) is 34.1 Å². The Kier molecular flexibility index (Phi) is 5.14. The number of rotatable bonds is 2.